The summed E-state index contributed by atoms with van der Waals surface area (Å²) < 4.78 is 5.16. The highest BCUT2D eigenvalue weighted by atomic mass is 16.5. The molecular weight excluding hydrogens is 346 g/mol. The normalized spacial score (nSPS) is 12.2. The van der Waals surface area contributed by atoms with E-state index in [-0.39, 0.29) is 5.97 Å². The predicted octanol–water partition coefficient (Wildman–Crippen LogP) is 7.70. The topological polar surface area (TPSA) is 52.3 Å². The minimum absolute atomic E-state index is 0.218. The van der Waals surface area contributed by atoms with Crippen LogP contribution in [0, 0.1) is 0 Å². The highest BCUT2D eigenvalue weighted by Crippen LogP contribution is 2.14. The molecule has 0 fully saturated rings. The first-order valence-electron chi connectivity index (χ1n) is 12.6. The quantitative estimate of drug-likeness (QED) is 0.150. The van der Waals surface area contributed by atoms with Gasteiger partial charge in [0.15, 0.2) is 0 Å². The number of unbranched alkanes of at least 4 members (excludes halogenated alkanes) is 17. The van der Waals surface area contributed by atoms with Crippen molar-refractivity contribution < 1.29 is 9.53 Å². The molecule has 3 nitrogen and oxygen atoms in total. The number of esters is 1. The van der Waals surface area contributed by atoms with Crippen LogP contribution < -0.4 is 5.73 Å². The van der Waals surface area contributed by atoms with Crippen LogP contribution in [0.15, 0.2) is 0 Å². The largest absolute Gasteiger partial charge is 0.465 e. The maximum atomic E-state index is 11.7. The van der Waals surface area contributed by atoms with Crippen LogP contribution >= 0.6 is 0 Å². The van der Waals surface area contributed by atoms with E-state index in [0.29, 0.717) is 6.61 Å². The number of carbonyl (C=O) groups is 1. The van der Waals surface area contributed by atoms with Crippen molar-refractivity contribution >= 4 is 5.97 Å². The summed E-state index contributed by atoms with van der Waals surface area (Å²) in [7, 11) is 0. The Morgan fingerprint density at radius 3 is 1.36 bits per heavy atom. The zero-order chi connectivity index (χ0) is 20.7. The molecule has 1 atom stereocenters. The van der Waals surface area contributed by atoms with Crippen molar-refractivity contribution in [1.82, 2.24) is 0 Å². The molecule has 1 unspecified atom stereocenters. The molecule has 0 aliphatic rings. The van der Waals surface area contributed by atoms with Crippen LogP contribution in [0.5, 0.6) is 0 Å². The minimum Gasteiger partial charge on any atom is -0.465 e. The Bertz CT molecular complexity index is 320. The van der Waals surface area contributed by atoms with Crippen molar-refractivity contribution in [3.63, 3.8) is 0 Å². The summed E-state index contributed by atoms with van der Waals surface area (Å²) in [5.74, 6) is -0.218. The van der Waals surface area contributed by atoms with Gasteiger partial charge in [-0.05, 0) is 12.8 Å². The van der Waals surface area contributed by atoms with Crippen LogP contribution in [0.25, 0.3) is 0 Å². The number of nitrogens with two attached hydrogens (primary N) is 1. The number of ether oxygens (including phenoxy) is 1. The molecule has 0 saturated heterocycles. The molecule has 3 heteroatoms. The SMILES string of the molecule is CCCCCCCCCCCCCCCCCCCC(N)C(=O)OCCCC. The highest BCUT2D eigenvalue weighted by molar-refractivity contribution is 5.75. The molecular formula is C25H51NO2. The van der Waals surface area contributed by atoms with Crippen LogP contribution in [0.4, 0.5) is 0 Å². The van der Waals surface area contributed by atoms with Gasteiger partial charge >= 0.3 is 5.97 Å². The minimum atomic E-state index is -0.423. The molecule has 0 aromatic heterocycles. The average Bonchev–Trinajstić information content (AvgIpc) is 2.70. The van der Waals surface area contributed by atoms with Gasteiger partial charge < -0.3 is 10.5 Å². The van der Waals surface area contributed by atoms with Crippen LogP contribution in [-0.4, -0.2) is 18.6 Å². The predicted molar refractivity (Wildman–Crippen MR) is 123 cm³/mol. The second kappa shape index (κ2) is 22.7. The molecule has 0 bridgehead atoms. The monoisotopic (exact) mass is 397 g/mol. The van der Waals surface area contributed by atoms with Crippen molar-refractivity contribution in [3.8, 4) is 0 Å². The van der Waals surface area contributed by atoms with Gasteiger partial charge in [0.25, 0.3) is 0 Å². The molecule has 2 N–H and O–H groups in total. The lowest BCUT2D eigenvalue weighted by Crippen LogP contribution is -2.32. The molecule has 0 heterocycles. The molecule has 0 aromatic rings. The van der Waals surface area contributed by atoms with E-state index in [4.69, 9.17) is 10.5 Å². The Hall–Kier alpha value is -0.570. The standard InChI is InChI=1S/C25H51NO2/c1-3-5-7-8-9-10-11-12-13-14-15-16-17-18-19-20-21-22-24(26)25(27)28-23-6-4-2/h24H,3-23,26H2,1-2H3. The van der Waals surface area contributed by atoms with Gasteiger partial charge in [-0.2, -0.15) is 0 Å². The fourth-order valence-electron chi connectivity index (χ4n) is 3.63. The maximum absolute atomic E-state index is 11.7. The van der Waals surface area contributed by atoms with E-state index < -0.39 is 6.04 Å². The second-order valence-corrected chi connectivity index (χ2v) is 8.57. The van der Waals surface area contributed by atoms with E-state index in [1.165, 1.54) is 103 Å². The molecule has 168 valence electrons. The van der Waals surface area contributed by atoms with Gasteiger partial charge in [0.2, 0.25) is 0 Å². The first-order valence-corrected chi connectivity index (χ1v) is 12.6. The molecule has 28 heavy (non-hydrogen) atoms. The molecule has 0 aliphatic carbocycles. The third-order valence-electron chi connectivity index (χ3n) is 5.66. The van der Waals surface area contributed by atoms with Crippen LogP contribution in [0.2, 0.25) is 0 Å². The smallest absolute Gasteiger partial charge is 0.322 e. The van der Waals surface area contributed by atoms with Gasteiger partial charge in [0.05, 0.1) is 6.61 Å². The third-order valence-corrected chi connectivity index (χ3v) is 5.66. The summed E-state index contributed by atoms with van der Waals surface area (Å²) in [5.41, 5.74) is 5.89. The lowest BCUT2D eigenvalue weighted by Gasteiger charge is -2.11. The molecule has 0 spiro atoms. The summed E-state index contributed by atoms with van der Waals surface area (Å²) in [4.78, 5) is 11.7. The van der Waals surface area contributed by atoms with Gasteiger partial charge in [-0.15, -0.1) is 0 Å². The Balaban J connectivity index is 3.18. The molecule has 0 amide bonds. The number of hydrogen-bond acceptors (Lipinski definition) is 3. The summed E-state index contributed by atoms with van der Waals surface area (Å²) in [5, 5.41) is 0. The summed E-state index contributed by atoms with van der Waals surface area (Å²) >= 11 is 0. The van der Waals surface area contributed by atoms with Gasteiger partial charge in [0.1, 0.15) is 6.04 Å². The zero-order valence-electron chi connectivity index (χ0n) is 19.3. The maximum Gasteiger partial charge on any atom is 0.322 e. The van der Waals surface area contributed by atoms with Gasteiger partial charge in [0, 0.05) is 0 Å². The first-order chi connectivity index (χ1) is 13.7. The molecule has 0 radical (unpaired) electrons. The fourth-order valence-corrected chi connectivity index (χ4v) is 3.63. The fraction of sp³-hybridized carbons (Fsp3) is 0.960. The van der Waals surface area contributed by atoms with Crippen LogP contribution in [-0.2, 0) is 9.53 Å². The van der Waals surface area contributed by atoms with Gasteiger partial charge in [-0.3, -0.25) is 4.79 Å². The molecule has 0 aromatic carbocycles. The second-order valence-electron chi connectivity index (χ2n) is 8.57. The van der Waals surface area contributed by atoms with E-state index in [2.05, 4.69) is 13.8 Å². The van der Waals surface area contributed by atoms with Crippen molar-refractivity contribution in [2.45, 2.75) is 148 Å². The van der Waals surface area contributed by atoms with E-state index in [0.717, 1.165) is 25.7 Å². The average molecular weight is 398 g/mol. The lowest BCUT2D eigenvalue weighted by molar-refractivity contribution is -0.145. The summed E-state index contributed by atoms with van der Waals surface area (Å²) in [6, 6.07) is -0.423. The van der Waals surface area contributed by atoms with Gasteiger partial charge in [-0.1, -0.05) is 129 Å². The van der Waals surface area contributed by atoms with Crippen molar-refractivity contribution in [1.29, 1.82) is 0 Å². The number of carbonyl (C=O) groups excluding carboxylic acids is 1. The number of hydrogen-bond donors (Lipinski definition) is 1. The number of rotatable bonds is 22. The summed E-state index contributed by atoms with van der Waals surface area (Å²) in [6.07, 6.45) is 26.0. The summed E-state index contributed by atoms with van der Waals surface area (Å²) in [6.45, 7) is 4.89. The van der Waals surface area contributed by atoms with Crippen molar-refractivity contribution in [2.75, 3.05) is 6.61 Å². The Morgan fingerprint density at radius 1 is 0.607 bits per heavy atom. The van der Waals surface area contributed by atoms with Crippen LogP contribution in [0.3, 0.4) is 0 Å². The first kappa shape index (κ1) is 27.4. The van der Waals surface area contributed by atoms with E-state index in [1.54, 1.807) is 0 Å². The zero-order valence-corrected chi connectivity index (χ0v) is 19.3. The lowest BCUT2D eigenvalue weighted by atomic mass is 10.0. The molecule has 0 saturated carbocycles. The van der Waals surface area contributed by atoms with Crippen molar-refractivity contribution in [3.05, 3.63) is 0 Å². The van der Waals surface area contributed by atoms with Gasteiger partial charge in [-0.25, -0.2) is 0 Å². The molecule has 0 rings (SSSR count). The van der Waals surface area contributed by atoms with E-state index in [9.17, 15) is 4.79 Å². The van der Waals surface area contributed by atoms with Crippen LogP contribution in [0.1, 0.15) is 142 Å². The van der Waals surface area contributed by atoms with E-state index >= 15 is 0 Å². The Labute approximate surface area is 176 Å². The Kier molecular flexibility index (Phi) is 22.3. The third kappa shape index (κ3) is 20.2. The molecule has 0 aliphatic heterocycles. The highest BCUT2D eigenvalue weighted by Gasteiger charge is 2.13. The Morgan fingerprint density at radius 2 is 0.964 bits per heavy atom. The van der Waals surface area contributed by atoms with E-state index in [1.807, 2.05) is 0 Å². The van der Waals surface area contributed by atoms with Crippen molar-refractivity contribution in [2.24, 2.45) is 5.73 Å².